The minimum absolute atomic E-state index is 1.67. The standard InChI is InChI=1S/C4BrClF6/c5-1(6)2(7,8)4(11,12)3(1,9)10. The van der Waals surface area contributed by atoms with Gasteiger partial charge in [-0.1, -0.05) is 27.5 Å². The van der Waals surface area contributed by atoms with Crippen molar-refractivity contribution >= 4 is 27.5 Å². The van der Waals surface area contributed by atoms with E-state index in [9.17, 15) is 26.3 Å². The predicted octanol–water partition coefficient (Wildman–Crippen LogP) is 3.24. The van der Waals surface area contributed by atoms with Crippen molar-refractivity contribution in [3.8, 4) is 0 Å². The van der Waals surface area contributed by atoms with Crippen LogP contribution in [0.25, 0.3) is 0 Å². The minimum atomic E-state index is -5.40. The molecule has 0 aromatic carbocycles. The van der Waals surface area contributed by atoms with Crippen LogP contribution in [0, 0.1) is 0 Å². The van der Waals surface area contributed by atoms with Gasteiger partial charge in [0.1, 0.15) is 0 Å². The first-order valence-electron chi connectivity index (χ1n) is 2.51. The van der Waals surface area contributed by atoms with E-state index in [-0.39, 0.29) is 0 Å². The van der Waals surface area contributed by atoms with E-state index >= 15 is 0 Å². The van der Waals surface area contributed by atoms with Gasteiger partial charge in [-0.15, -0.1) is 0 Å². The van der Waals surface area contributed by atoms with Gasteiger partial charge in [0.05, 0.1) is 0 Å². The first-order chi connectivity index (χ1) is 5.00. The van der Waals surface area contributed by atoms with Crippen molar-refractivity contribution in [1.29, 1.82) is 0 Å². The van der Waals surface area contributed by atoms with Crippen LogP contribution in [0.5, 0.6) is 0 Å². The molecule has 8 heteroatoms. The van der Waals surface area contributed by atoms with Gasteiger partial charge in [0.2, 0.25) is 3.78 Å². The van der Waals surface area contributed by atoms with Gasteiger partial charge >= 0.3 is 17.8 Å². The highest BCUT2D eigenvalue weighted by Crippen LogP contribution is 2.72. The van der Waals surface area contributed by atoms with Crippen LogP contribution in [-0.4, -0.2) is 21.6 Å². The molecule has 0 bridgehead atoms. The highest BCUT2D eigenvalue weighted by molar-refractivity contribution is 9.10. The highest BCUT2D eigenvalue weighted by Gasteiger charge is 2.97. The molecule has 0 unspecified atom stereocenters. The summed E-state index contributed by atoms with van der Waals surface area (Å²) in [4.78, 5) is 0. The van der Waals surface area contributed by atoms with Crippen LogP contribution < -0.4 is 0 Å². The van der Waals surface area contributed by atoms with Gasteiger partial charge in [-0.25, -0.2) is 0 Å². The third kappa shape index (κ3) is 0.685. The minimum Gasteiger partial charge on any atom is -0.196 e. The third-order valence-corrected chi connectivity index (χ3v) is 3.05. The SMILES string of the molecule is FC1(F)C(F)(F)C(Cl)(Br)C1(F)F. The smallest absolute Gasteiger partial charge is 0.196 e. The molecule has 0 amide bonds. The Morgan fingerprint density at radius 2 is 1.00 bits per heavy atom. The van der Waals surface area contributed by atoms with Crippen LogP contribution in [0.15, 0.2) is 0 Å². The monoisotopic (exact) mass is 276 g/mol. The van der Waals surface area contributed by atoms with Gasteiger partial charge in [0.15, 0.2) is 0 Å². The van der Waals surface area contributed by atoms with E-state index in [0.29, 0.717) is 0 Å². The second kappa shape index (κ2) is 2.05. The van der Waals surface area contributed by atoms with Crippen molar-refractivity contribution in [3.63, 3.8) is 0 Å². The van der Waals surface area contributed by atoms with Gasteiger partial charge in [-0.3, -0.25) is 0 Å². The van der Waals surface area contributed by atoms with Gasteiger partial charge in [0, 0.05) is 0 Å². The maximum Gasteiger partial charge on any atom is 0.377 e. The summed E-state index contributed by atoms with van der Waals surface area (Å²) in [7, 11) is 0. The Hall–Kier alpha value is 0.350. The fraction of sp³-hybridized carbons (Fsp3) is 1.00. The molecule has 0 aromatic rings. The molecule has 0 atom stereocenters. The Kier molecular flexibility index (Phi) is 1.78. The largest absolute Gasteiger partial charge is 0.377 e. The average Bonchev–Trinajstić information content (AvgIpc) is 1.84. The summed E-state index contributed by atoms with van der Waals surface area (Å²) in [5.41, 5.74) is 0. The summed E-state index contributed by atoms with van der Waals surface area (Å²) in [6.45, 7) is 0. The van der Waals surface area contributed by atoms with E-state index in [0.717, 1.165) is 0 Å². The first kappa shape index (κ1) is 10.4. The van der Waals surface area contributed by atoms with Crippen molar-refractivity contribution in [3.05, 3.63) is 0 Å². The third-order valence-electron chi connectivity index (χ3n) is 1.58. The van der Waals surface area contributed by atoms with E-state index in [1.807, 2.05) is 0 Å². The molecule has 0 N–H and O–H groups in total. The maximum absolute atomic E-state index is 12.2. The van der Waals surface area contributed by atoms with Crippen LogP contribution >= 0.6 is 27.5 Å². The molecule has 0 radical (unpaired) electrons. The summed E-state index contributed by atoms with van der Waals surface area (Å²) >= 11 is 6.18. The van der Waals surface area contributed by atoms with Crippen LogP contribution in [0.3, 0.4) is 0 Å². The number of hydrogen-bond acceptors (Lipinski definition) is 0. The molecule has 0 nitrogen and oxygen atoms in total. The van der Waals surface area contributed by atoms with Crippen molar-refractivity contribution in [1.82, 2.24) is 0 Å². The highest BCUT2D eigenvalue weighted by atomic mass is 79.9. The van der Waals surface area contributed by atoms with E-state index in [1.54, 1.807) is 15.9 Å². The molecule has 0 spiro atoms. The molecule has 1 saturated carbocycles. The van der Waals surface area contributed by atoms with Gasteiger partial charge < -0.3 is 0 Å². The predicted molar refractivity (Wildman–Crippen MR) is 32.4 cm³/mol. The number of hydrogen-bond donors (Lipinski definition) is 0. The molecule has 0 aliphatic heterocycles. The van der Waals surface area contributed by atoms with Crippen LogP contribution in [0.1, 0.15) is 0 Å². The van der Waals surface area contributed by atoms with E-state index < -0.39 is 21.6 Å². The topological polar surface area (TPSA) is 0 Å². The molecule has 0 saturated heterocycles. The second-order valence-electron chi connectivity index (χ2n) is 2.30. The number of alkyl halides is 8. The zero-order valence-electron chi connectivity index (χ0n) is 5.02. The van der Waals surface area contributed by atoms with E-state index in [4.69, 9.17) is 0 Å². The zero-order valence-corrected chi connectivity index (χ0v) is 7.37. The summed E-state index contributed by atoms with van der Waals surface area (Å²) in [5, 5.41) is 0. The lowest BCUT2D eigenvalue weighted by Gasteiger charge is -2.52. The Bertz CT molecular complexity index is 160. The van der Waals surface area contributed by atoms with Crippen LogP contribution in [0.4, 0.5) is 26.3 Å². The lowest BCUT2D eigenvalue weighted by atomic mass is 9.83. The lowest BCUT2D eigenvalue weighted by molar-refractivity contribution is -0.399. The quantitative estimate of drug-likeness (QED) is 0.471. The van der Waals surface area contributed by atoms with Crippen LogP contribution in [0.2, 0.25) is 0 Å². The summed E-state index contributed by atoms with van der Waals surface area (Å²) in [6, 6.07) is 0. The zero-order chi connectivity index (χ0) is 10.0. The molecule has 0 heterocycles. The lowest BCUT2D eigenvalue weighted by Crippen LogP contribution is -2.81. The summed E-state index contributed by atoms with van der Waals surface area (Å²) in [5.74, 6) is -15.3. The van der Waals surface area contributed by atoms with Crippen molar-refractivity contribution < 1.29 is 26.3 Å². The molecule has 12 heavy (non-hydrogen) atoms. The maximum atomic E-state index is 12.2. The molecule has 1 fully saturated rings. The van der Waals surface area contributed by atoms with E-state index in [2.05, 4.69) is 11.6 Å². The fourth-order valence-corrected chi connectivity index (χ4v) is 1.46. The average molecular weight is 277 g/mol. The summed E-state index contributed by atoms with van der Waals surface area (Å²) in [6.07, 6.45) is 0. The molecule has 1 rings (SSSR count). The molecular formula is C4BrClF6. The van der Waals surface area contributed by atoms with Crippen molar-refractivity contribution in [2.45, 2.75) is 21.6 Å². The Morgan fingerprint density at radius 1 is 0.750 bits per heavy atom. The fourth-order valence-electron chi connectivity index (χ4n) is 0.726. The number of rotatable bonds is 0. The normalized spacial score (nSPS) is 34.0. The van der Waals surface area contributed by atoms with Gasteiger partial charge in [-0.05, 0) is 0 Å². The molecular weight excluding hydrogens is 277 g/mol. The molecule has 0 aromatic heterocycles. The number of halogens is 8. The van der Waals surface area contributed by atoms with Gasteiger partial charge in [-0.2, -0.15) is 26.3 Å². The van der Waals surface area contributed by atoms with Gasteiger partial charge in [0.25, 0.3) is 0 Å². The Labute approximate surface area is 76.0 Å². The Balaban J connectivity index is 3.16. The van der Waals surface area contributed by atoms with E-state index in [1.165, 1.54) is 0 Å². The molecule has 1 aliphatic carbocycles. The second-order valence-corrected chi connectivity index (χ2v) is 4.51. The van der Waals surface area contributed by atoms with Crippen LogP contribution in [-0.2, 0) is 0 Å². The Morgan fingerprint density at radius 3 is 1.08 bits per heavy atom. The van der Waals surface area contributed by atoms with Crippen molar-refractivity contribution in [2.24, 2.45) is 0 Å². The molecule has 72 valence electrons. The molecule has 1 aliphatic rings. The van der Waals surface area contributed by atoms with Crippen molar-refractivity contribution in [2.75, 3.05) is 0 Å². The first-order valence-corrected chi connectivity index (χ1v) is 3.68. The summed E-state index contributed by atoms with van der Waals surface area (Å²) < 4.78 is 69.0.